The molecule has 3 aromatic rings. The van der Waals surface area contributed by atoms with E-state index >= 15 is 0 Å². The molecule has 0 aliphatic heterocycles. The molecule has 0 radical (unpaired) electrons. The number of aryl methyl sites for hydroxylation is 1. The number of thiophene rings is 1. The highest BCUT2D eigenvalue weighted by molar-refractivity contribution is 7.18. The maximum absolute atomic E-state index is 12.2. The van der Waals surface area contributed by atoms with E-state index in [9.17, 15) is 9.59 Å². The first-order chi connectivity index (χ1) is 11.1. The Bertz CT molecular complexity index is 862. The number of furan rings is 1. The third kappa shape index (κ3) is 3.33. The van der Waals surface area contributed by atoms with Gasteiger partial charge in [0.25, 0.3) is 5.91 Å². The molecule has 0 aliphatic carbocycles. The van der Waals surface area contributed by atoms with Gasteiger partial charge in [0.2, 0.25) is 0 Å². The fourth-order valence-electron chi connectivity index (χ4n) is 1.83. The van der Waals surface area contributed by atoms with Crippen LogP contribution in [0.2, 0.25) is 0 Å². The van der Waals surface area contributed by atoms with Gasteiger partial charge in [-0.05, 0) is 31.2 Å². The first-order valence-electron chi connectivity index (χ1n) is 6.58. The molecule has 3 aromatic heterocycles. The number of methoxy groups -OCH3 is 1. The molecule has 0 spiro atoms. The Morgan fingerprint density at radius 2 is 2.09 bits per heavy atom. The van der Waals surface area contributed by atoms with Crippen LogP contribution in [0.4, 0.5) is 5.00 Å². The highest BCUT2D eigenvalue weighted by Gasteiger charge is 2.16. The van der Waals surface area contributed by atoms with Gasteiger partial charge < -0.3 is 14.5 Å². The van der Waals surface area contributed by atoms with E-state index in [-0.39, 0.29) is 5.91 Å². The Balaban J connectivity index is 1.72. The van der Waals surface area contributed by atoms with Crippen molar-refractivity contribution in [1.29, 1.82) is 0 Å². The number of carbonyl (C=O) groups excluding carboxylic acids is 2. The third-order valence-electron chi connectivity index (χ3n) is 2.92. The number of nitrogens with one attached hydrogen (secondary N) is 1. The number of amides is 1. The van der Waals surface area contributed by atoms with Gasteiger partial charge in [0.1, 0.15) is 16.3 Å². The van der Waals surface area contributed by atoms with Crippen LogP contribution in [0.15, 0.2) is 34.1 Å². The number of carbonyl (C=O) groups is 2. The van der Waals surface area contributed by atoms with Crippen LogP contribution in [0.5, 0.6) is 0 Å². The summed E-state index contributed by atoms with van der Waals surface area (Å²) in [6.07, 6.45) is 0. The Hall–Kier alpha value is -2.45. The number of hydrogen-bond donors (Lipinski definition) is 1. The van der Waals surface area contributed by atoms with E-state index in [4.69, 9.17) is 4.42 Å². The lowest BCUT2D eigenvalue weighted by molar-refractivity contribution is 0.0606. The smallest absolute Gasteiger partial charge is 0.348 e. The first-order valence-corrected chi connectivity index (χ1v) is 8.28. The molecule has 8 heteroatoms. The molecule has 3 rings (SSSR count). The predicted molar refractivity (Wildman–Crippen MR) is 88.2 cm³/mol. The molecule has 0 saturated heterocycles. The van der Waals surface area contributed by atoms with E-state index in [2.05, 4.69) is 15.0 Å². The molecule has 0 unspecified atom stereocenters. The molecule has 3 heterocycles. The lowest BCUT2D eigenvalue weighted by Gasteiger charge is -1.98. The zero-order valence-corrected chi connectivity index (χ0v) is 13.9. The Labute approximate surface area is 139 Å². The summed E-state index contributed by atoms with van der Waals surface area (Å²) in [7, 11) is 1.31. The summed E-state index contributed by atoms with van der Waals surface area (Å²) in [6, 6.07) is 6.91. The maximum atomic E-state index is 12.2. The molecule has 0 atom stereocenters. The molecule has 0 aliphatic rings. The predicted octanol–water partition coefficient (Wildman–Crippen LogP) is 3.81. The van der Waals surface area contributed by atoms with Crippen molar-refractivity contribution in [2.75, 3.05) is 12.4 Å². The summed E-state index contributed by atoms with van der Waals surface area (Å²) in [5, 5.41) is 5.57. The average molecular weight is 348 g/mol. The summed E-state index contributed by atoms with van der Waals surface area (Å²) in [5.41, 5.74) is 0.298. The first kappa shape index (κ1) is 15.4. The summed E-state index contributed by atoms with van der Waals surface area (Å²) in [4.78, 5) is 28.3. The van der Waals surface area contributed by atoms with Gasteiger partial charge in [-0.15, -0.1) is 22.7 Å². The van der Waals surface area contributed by atoms with E-state index in [1.54, 1.807) is 17.5 Å². The molecule has 0 fully saturated rings. The van der Waals surface area contributed by atoms with Crippen molar-refractivity contribution in [2.24, 2.45) is 0 Å². The lowest BCUT2D eigenvalue weighted by Crippen LogP contribution is -2.11. The Morgan fingerprint density at radius 3 is 2.78 bits per heavy atom. The number of esters is 1. The number of ether oxygens (including phenoxy) is 1. The van der Waals surface area contributed by atoms with Crippen molar-refractivity contribution in [3.05, 3.63) is 46.0 Å². The molecule has 0 aromatic carbocycles. The highest BCUT2D eigenvalue weighted by atomic mass is 32.1. The molecule has 0 bridgehead atoms. The SMILES string of the molecule is COC(=O)c1ccc(NC(=O)c2csc(-c3ccc(C)o3)n2)s1. The van der Waals surface area contributed by atoms with Crippen molar-refractivity contribution in [3.63, 3.8) is 0 Å². The molecule has 1 amide bonds. The maximum Gasteiger partial charge on any atom is 0.348 e. The highest BCUT2D eigenvalue weighted by Crippen LogP contribution is 2.27. The van der Waals surface area contributed by atoms with E-state index in [0.717, 1.165) is 17.1 Å². The quantitative estimate of drug-likeness (QED) is 0.725. The van der Waals surface area contributed by atoms with Gasteiger partial charge in [-0.2, -0.15) is 0 Å². The summed E-state index contributed by atoms with van der Waals surface area (Å²) in [6.45, 7) is 1.85. The Morgan fingerprint density at radius 1 is 1.26 bits per heavy atom. The van der Waals surface area contributed by atoms with E-state index in [1.807, 2.05) is 19.1 Å². The van der Waals surface area contributed by atoms with Crippen LogP contribution >= 0.6 is 22.7 Å². The third-order valence-corrected chi connectivity index (χ3v) is 4.75. The lowest BCUT2D eigenvalue weighted by atomic mass is 10.4. The van der Waals surface area contributed by atoms with Crippen molar-refractivity contribution < 1.29 is 18.7 Å². The average Bonchev–Trinajstić information content (AvgIpc) is 3.25. The summed E-state index contributed by atoms with van der Waals surface area (Å²) < 4.78 is 10.1. The van der Waals surface area contributed by atoms with Gasteiger partial charge in [-0.1, -0.05) is 0 Å². The monoisotopic (exact) mass is 348 g/mol. The minimum atomic E-state index is -0.431. The van der Waals surface area contributed by atoms with Crippen LogP contribution in [0.1, 0.15) is 25.9 Å². The topological polar surface area (TPSA) is 81.4 Å². The molecule has 1 N–H and O–H groups in total. The van der Waals surface area contributed by atoms with E-state index in [1.165, 1.54) is 18.4 Å². The second-order valence-corrected chi connectivity index (χ2v) is 6.50. The summed E-state index contributed by atoms with van der Waals surface area (Å²) in [5.74, 6) is 0.652. The number of anilines is 1. The number of aromatic nitrogens is 1. The van der Waals surface area contributed by atoms with Crippen molar-refractivity contribution in [2.45, 2.75) is 6.92 Å². The minimum absolute atomic E-state index is 0.298. The van der Waals surface area contributed by atoms with Crippen LogP contribution < -0.4 is 5.32 Å². The largest absolute Gasteiger partial charge is 0.465 e. The van der Waals surface area contributed by atoms with Gasteiger partial charge in [0.05, 0.1) is 12.1 Å². The van der Waals surface area contributed by atoms with Crippen molar-refractivity contribution in [1.82, 2.24) is 4.98 Å². The fourth-order valence-corrected chi connectivity index (χ4v) is 3.41. The summed E-state index contributed by atoms with van der Waals surface area (Å²) >= 11 is 2.48. The van der Waals surface area contributed by atoms with Crippen LogP contribution in [0.3, 0.4) is 0 Å². The zero-order chi connectivity index (χ0) is 16.4. The Kier molecular flexibility index (Phi) is 4.26. The molecule has 0 saturated carbocycles. The standard InChI is InChI=1S/C15H12N2O4S2/c1-8-3-4-10(21-8)14-16-9(7-22-14)13(18)17-12-6-5-11(23-12)15(19)20-2/h3-7H,1-2H3,(H,17,18). The molecule has 118 valence electrons. The fraction of sp³-hybridized carbons (Fsp3) is 0.133. The van der Waals surface area contributed by atoms with E-state index < -0.39 is 5.97 Å². The van der Waals surface area contributed by atoms with Crippen LogP contribution in [-0.4, -0.2) is 24.0 Å². The number of thiazole rings is 1. The number of rotatable bonds is 4. The van der Waals surface area contributed by atoms with Gasteiger partial charge in [-0.3, -0.25) is 4.79 Å². The van der Waals surface area contributed by atoms with Crippen molar-refractivity contribution in [3.8, 4) is 10.8 Å². The van der Waals surface area contributed by atoms with Crippen LogP contribution in [0, 0.1) is 6.92 Å². The zero-order valence-electron chi connectivity index (χ0n) is 12.3. The second-order valence-electron chi connectivity index (χ2n) is 4.56. The molecule has 23 heavy (non-hydrogen) atoms. The normalized spacial score (nSPS) is 10.5. The minimum Gasteiger partial charge on any atom is -0.465 e. The second kappa shape index (κ2) is 6.35. The molecular weight excluding hydrogens is 336 g/mol. The van der Waals surface area contributed by atoms with E-state index in [0.29, 0.717) is 26.3 Å². The van der Waals surface area contributed by atoms with Crippen LogP contribution in [0.25, 0.3) is 10.8 Å². The van der Waals surface area contributed by atoms with Gasteiger partial charge in [0.15, 0.2) is 10.8 Å². The van der Waals surface area contributed by atoms with Gasteiger partial charge in [-0.25, -0.2) is 9.78 Å². The van der Waals surface area contributed by atoms with Gasteiger partial charge in [0, 0.05) is 5.38 Å². The number of hydrogen-bond acceptors (Lipinski definition) is 7. The number of nitrogens with zero attached hydrogens (tertiary/aromatic N) is 1. The molecular formula is C15H12N2O4S2. The van der Waals surface area contributed by atoms with Crippen molar-refractivity contribution >= 4 is 39.6 Å². The van der Waals surface area contributed by atoms with Crippen LogP contribution in [-0.2, 0) is 4.74 Å². The van der Waals surface area contributed by atoms with Gasteiger partial charge >= 0.3 is 5.97 Å². The molecule has 6 nitrogen and oxygen atoms in total.